The molecule has 3 heteroatoms. The van der Waals surface area contributed by atoms with Crippen LogP contribution in [-0.4, -0.2) is 42.5 Å². The molecule has 1 aromatic rings. The Morgan fingerprint density at radius 3 is 2.50 bits per heavy atom. The molecular formula is C13H20N2S. The number of thiophene rings is 1. The van der Waals surface area contributed by atoms with E-state index in [1.807, 2.05) is 11.3 Å². The van der Waals surface area contributed by atoms with Crippen LogP contribution in [0.25, 0.3) is 0 Å². The summed E-state index contributed by atoms with van der Waals surface area (Å²) in [5.41, 5.74) is 0. The summed E-state index contributed by atoms with van der Waals surface area (Å²) in [5.74, 6) is 1.05. The zero-order chi connectivity index (χ0) is 10.8. The first-order valence-electron chi connectivity index (χ1n) is 6.37. The predicted molar refractivity (Wildman–Crippen MR) is 68.8 cm³/mol. The Morgan fingerprint density at radius 1 is 1.12 bits per heavy atom. The summed E-state index contributed by atoms with van der Waals surface area (Å²) in [6, 6.07) is 4.41. The van der Waals surface area contributed by atoms with Gasteiger partial charge in [0.25, 0.3) is 0 Å². The normalized spacial score (nSPS) is 23.8. The van der Waals surface area contributed by atoms with Gasteiger partial charge in [-0.25, -0.2) is 0 Å². The summed E-state index contributed by atoms with van der Waals surface area (Å²) < 4.78 is 0. The highest BCUT2D eigenvalue weighted by atomic mass is 32.1. The lowest BCUT2D eigenvalue weighted by atomic mass is 10.2. The SMILES string of the molecule is c1csc(CN2CCN(CC3CC3)CC2)c1. The van der Waals surface area contributed by atoms with E-state index < -0.39 is 0 Å². The minimum atomic E-state index is 1.05. The van der Waals surface area contributed by atoms with Gasteiger partial charge in [-0.2, -0.15) is 0 Å². The van der Waals surface area contributed by atoms with Gasteiger partial charge >= 0.3 is 0 Å². The monoisotopic (exact) mass is 236 g/mol. The number of hydrogen-bond donors (Lipinski definition) is 0. The van der Waals surface area contributed by atoms with Crippen LogP contribution in [0.5, 0.6) is 0 Å². The van der Waals surface area contributed by atoms with E-state index in [1.54, 1.807) is 0 Å². The maximum absolute atomic E-state index is 2.66. The van der Waals surface area contributed by atoms with Crippen molar-refractivity contribution in [2.45, 2.75) is 19.4 Å². The molecule has 2 nitrogen and oxygen atoms in total. The van der Waals surface area contributed by atoms with Crippen molar-refractivity contribution in [2.24, 2.45) is 5.92 Å². The molecule has 1 aromatic heterocycles. The van der Waals surface area contributed by atoms with Gasteiger partial charge in [-0.1, -0.05) is 6.07 Å². The fraction of sp³-hybridized carbons (Fsp3) is 0.692. The molecular weight excluding hydrogens is 216 g/mol. The van der Waals surface area contributed by atoms with Crippen LogP contribution in [0.3, 0.4) is 0 Å². The van der Waals surface area contributed by atoms with E-state index in [0.717, 1.165) is 12.5 Å². The van der Waals surface area contributed by atoms with Crippen molar-refractivity contribution >= 4 is 11.3 Å². The van der Waals surface area contributed by atoms with Gasteiger partial charge in [0.05, 0.1) is 0 Å². The molecule has 0 atom stereocenters. The molecule has 1 saturated carbocycles. The minimum absolute atomic E-state index is 1.05. The second-order valence-electron chi connectivity index (χ2n) is 5.10. The maximum Gasteiger partial charge on any atom is 0.0328 e. The zero-order valence-corrected chi connectivity index (χ0v) is 10.6. The van der Waals surface area contributed by atoms with E-state index in [-0.39, 0.29) is 0 Å². The van der Waals surface area contributed by atoms with Crippen molar-refractivity contribution in [3.63, 3.8) is 0 Å². The average Bonchev–Trinajstić information content (AvgIpc) is 2.96. The number of hydrogen-bond acceptors (Lipinski definition) is 3. The molecule has 0 spiro atoms. The molecule has 2 aliphatic rings. The fourth-order valence-electron chi connectivity index (χ4n) is 2.42. The average molecular weight is 236 g/mol. The van der Waals surface area contributed by atoms with Gasteiger partial charge in [-0.15, -0.1) is 11.3 Å². The molecule has 0 bridgehead atoms. The largest absolute Gasteiger partial charge is 0.301 e. The van der Waals surface area contributed by atoms with Crippen LogP contribution in [0, 0.1) is 5.92 Å². The second-order valence-corrected chi connectivity index (χ2v) is 6.13. The van der Waals surface area contributed by atoms with Gasteiger partial charge < -0.3 is 4.90 Å². The van der Waals surface area contributed by atoms with Crippen LogP contribution < -0.4 is 0 Å². The van der Waals surface area contributed by atoms with Crippen LogP contribution in [0.2, 0.25) is 0 Å². The van der Waals surface area contributed by atoms with Crippen LogP contribution in [0.1, 0.15) is 17.7 Å². The van der Waals surface area contributed by atoms with Crippen molar-refractivity contribution in [3.05, 3.63) is 22.4 Å². The Kier molecular flexibility index (Phi) is 3.27. The van der Waals surface area contributed by atoms with Crippen molar-refractivity contribution in [1.29, 1.82) is 0 Å². The molecule has 2 heterocycles. The van der Waals surface area contributed by atoms with E-state index in [0.29, 0.717) is 0 Å². The first kappa shape index (κ1) is 10.8. The van der Waals surface area contributed by atoms with Gasteiger partial charge in [0, 0.05) is 44.1 Å². The Bertz CT molecular complexity index is 311. The van der Waals surface area contributed by atoms with E-state index in [9.17, 15) is 0 Å². The first-order chi connectivity index (χ1) is 7.90. The molecule has 0 N–H and O–H groups in total. The minimum Gasteiger partial charge on any atom is -0.301 e. The van der Waals surface area contributed by atoms with Crippen molar-refractivity contribution < 1.29 is 0 Å². The van der Waals surface area contributed by atoms with Crippen LogP contribution >= 0.6 is 11.3 Å². The van der Waals surface area contributed by atoms with E-state index >= 15 is 0 Å². The van der Waals surface area contributed by atoms with E-state index in [4.69, 9.17) is 0 Å². The Morgan fingerprint density at radius 2 is 1.88 bits per heavy atom. The van der Waals surface area contributed by atoms with Crippen LogP contribution in [-0.2, 0) is 6.54 Å². The summed E-state index contributed by atoms with van der Waals surface area (Å²) in [6.45, 7) is 7.60. The molecule has 0 unspecified atom stereocenters. The highest BCUT2D eigenvalue weighted by Gasteiger charge is 2.26. The number of rotatable bonds is 4. The van der Waals surface area contributed by atoms with Gasteiger partial charge in [0.15, 0.2) is 0 Å². The lowest BCUT2D eigenvalue weighted by Gasteiger charge is -2.34. The van der Waals surface area contributed by atoms with Crippen molar-refractivity contribution in [2.75, 3.05) is 32.7 Å². The summed E-state index contributed by atoms with van der Waals surface area (Å²) in [6.07, 6.45) is 2.96. The second kappa shape index (κ2) is 4.86. The molecule has 1 saturated heterocycles. The van der Waals surface area contributed by atoms with Gasteiger partial charge in [-0.05, 0) is 30.2 Å². The van der Waals surface area contributed by atoms with Crippen LogP contribution in [0.4, 0.5) is 0 Å². The summed E-state index contributed by atoms with van der Waals surface area (Å²) >= 11 is 1.88. The molecule has 0 radical (unpaired) electrons. The zero-order valence-electron chi connectivity index (χ0n) is 9.77. The molecule has 1 aliphatic heterocycles. The quantitative estimate of drug-likeness (QED) is 0.791. The van der Waals surface area contributed by atoms with Crippen molar-refractivity contribution in [1.82, 2.24) is 9.80 Å². The lowest BCUT2D eigenvalue weighted by molar-refractivity contribution is 0.124. The summed E-state index contributed by atoms with van der Waals surface area (Å²) in [7, 11) is 0. The van der Waals surface area contributed by atoms with Crippen LogP contribution in [0.15, 0.2) is 17.5 Å². The molecule has 16 heavy (non-hydrogen) atoms. The number of nitrogens with zero attached hydrogens (tertiary/aromatic N) is 2. The topological polar surface area (TPSA) is 6.48 Å². The molecule has 0 aromatic carbocycles. The van der Waals surface area contributed by atoms with Crippen molar-refractivity contribution in [3.8, 4) is 0 Å². The molecule has 0 amide bonds. The standard InChI is InChI=1S/C13H20N2S/c1-2-13(16-9-1)11-15-7-5-14(6-8-15)10-12-3-4-12/h1-2,9,12H,3-8,10-11H2. The third-order valence-corrected chi connectivity index (χ3v) is 4.50. The maximum atomic E-state index is 2.66. The highest BCUT2D eigenvalue weighted by molar-refractivity contribution is 7.09. The Balaban J connectivity index is 1.43. The fourth-order valence-corrected chi connectivity index (χ4v) is 3.16. The highest BCUT2D eigenvalue weighted by Crippen LogP contribution is 2.30. The third kappa shape index (κ3) is 2.84. The molecule has 3 rings (SSSR count). The summed E-state index contributed by atoms with van der Waals surface area (Å²) in [4.78, 5) is 6.76. The van der Waals surface area contributed by atoms with E-state index in [2.05, 4.69) is 27.3 Å². The van der Waals surface area contributed by atoms with Gasteiger partial charge in [0.2, 0.25) is 0 Å². The first-order valence-corrected chi connectivity index (χ1v) is 7.25. The Labute approximate surface area is 102 Å². The van der Waals surface area contributed by atoms with E-state index in [1.165, 1.54) is 50.4 Å². The molecule has 88 valence electrons. The summed E-state index contributed by atoms with van der Waals surface area (Å²) in [5, 5.41) is 2.18. The molecule has 1 aliphatic carbocycles. The smallest absolute Gasteiger partial charge is 0.0328 e. The number of piperazine rings is 1. The Hall–Kier alpha value is -0.380. The molecule has 2 fully saturated rings. The predicted octanol–water partition coefficient (Wildman–Crippen LogP) is 2.28. The lowest BCUT2D eigenvalue weighted by Crippen LogP contribution is -2.46. The van der Waals surface area contributed by atoms with Gasteiger partial charge in [0.1, 0.15) is 0 Å². The van der Waals surface area contributed by atoms with Gasteiger partial charge in [-0.3, -0.25) is 4.90 Å². The third-order valence-electron chi connectivity index (χ3n) is 3.64.